The molecule has 0 saturated heterocycles. The van der Waals surface area contributed by atoms with Gasteiger partial charge in [-0.25, -0.2) is 4.98 Å². The monoisotopic (exact) mass is 306 g/mol. The first-order valence-corrected chi connectivity index (χ1v) is 6.90. The second-order valence-corrected chi connectivity index (χ2v) is 5.74. The van der Waals surface area contributed by atoms with E-state index >= 15 is 0 Å². The zero-order chi connectivity index (χ0) is 13.6. The maximum Gasteiger partial charge on any atom is 0.132 e. The van der Waals surface area contributed by atoms with Gasteiger partial charge in [-0.2, -0.15) is 0 Å². The Bertz CT molecular complexity index is 598. The van der Waals surface area contributed by atoms with Gasteiger partial charge in [0.2, 0.25) is 0 Å². The van der Waals surface area contributed by atoms with Gasteiger partial charge >= 0.3 is 0 Å². The Morgan fingerprint density at radius 2 is 1.50 bits per heavy atom. The van der Waals surface area contributed by atoms with Crippen LogP contribution in [0.15, 0.2) is 10.7 Å². The Labute approximate surface area is 117 Å². The highest BCUT2D eigenvalue weighted by molar-refractivity contribution is 9.10. The number of aryl methyl sites for hydroxylation is 3. The van der Waals surface area contributed by atoms with Gasteiger partial charge in [0.15, 0.2) is 0 Å². The SMILES string of the molecule is Cc1cc(C)c(C)c(-c2c(Br)nc(C)n2C)c1C. The van der Waals surface area contributed by atoms with Gasteiger partial charge in [0.25, 0.3) is 0 Å². The maximum absolute atomic E-state index is 4.51. The molecule has 0 unspecified atom stereocenters. The van der Waals surface area contributed by atoms with Crippen LogP contribution >= 0.6 is 15.9 Å². The van der Waals surface area contributed by atoms with E-state index in [1.165, 1.54) is 33.5 Å². The Kier molecular flexibility index (Phi) is 3.37. The molecule has 2 rings (SSSR count). The molecular formula is C15H19BrN2. The average molecular weight is 307 g/mol. The lowest BCUT2D eigenvalue weighted by molar-refractivity contribution is 0.863. The Balaban J connectivity index is 2.87. The summed E-state index contributed by atoms with van der Waals surface area (Å²) >= 11 is 3.59. The highest BCUT2D eigenvalue weighted by Gasteiger charge is 2.18. The van der Waals surface area contributed by atoms with Gasteiger partial charge in [0, 0.05) is 12.6 Å². The standard InChI is InChI=1S/C15H19BrN2/c1-8-7-9(2)11(4)13(10(8)3)14-15(16)17-12(5)18(14)6/h7H,1-6H3. The van der Waals surface area contributed by atoms with Crippen molar-refractivity contribution in [3.05, 3.63) is 38.7 Å². The number of rotatable bonds is 1. The van der Waals surface area contributed by atoms with Crippen molar-refractivity contribution in [3.8, 4) is 11.3 Å². The minimum atomic E-state index is 0.929. The molecule has 0 N–H and O–H groups in total. The van der Waals surface area contributed by atoms with E-state index in [4.69, 9.17) is 0 Å². The highest BCUT2D eigenvalue weighted by Crippen LogP contribution is 2.35. The number of imidazole rings is 1. The molecule has 96 valence electrons. The summed E-state index contributed by atoms with van der Waals surface area (Å²) in [6, 6.07) is 2.26. The largest absolute Gasteiger partial charge is 0.330 e. The van der Waals surface area contributed by atoms with Crippen LogP contribution in [0.2, 0.25) is 0 Å². The molecule has 1 aromatic carbocycles. The van der Waals surface area contributed by atoms with Crippen LogP contribution in [0.4, 0.5) is 0 Å². The van der Waals surface area contributed by atoms with Gasteiger partial charge in [-0.3, -0.25) is 0 Å². The van der Waals surface area contributed by atoms with E-state index < -0.39 is 0 Å². The lowest BCUT2D eigenvalue weighted by atomic mass is 9.92. The summed E-state index contributed by atoms with van der Waals surface area (Å²) in [7, 11) is 2.07. The Morgan fingerprint density at radius 3 is 1.89 bits per heavy atom. The van der Waals surface area contributed by atoms with E-state index in [1.807, 2.05) is 6.92 Å². The molecule has 0 aliphatic heterocycles. The summed E-state index contributed by atoms with van der Waals surface area (Å²) < 4.78 is 3.08. The summed E-state index contributed by atoms with van der Waals surface area (Å²) in [5.74, 6) is 1.02. The van der Waals surface area contributed by atoms with Crippen LogP contribution in [0.1, 0.15) is 28.1 Å². The lowest BCUT2D eigenvalue weighted by Gasteiger charge is -2.16. The smallest absolute Gasteiger partial charge is 0.132 e. The zero-order valence-corrected chi connectivity index (χ0v) is 13.4. The highest BCUT2D eigenvalue weighted by atomic mass is 79.9. The number of aromatic nitrogens is 2. The third kappa shape index (κ3) is 1.91. The molecule has 2 nitrogen and oxygen atoms in total. The van der Waals surface area contributed by atoms with Gasteiger partial charge in [0.05, 0.1) is 5.69 Å². The third-order valence-corrected chi connectivity index (χ3v) is 4.43. The van der Waals surface area contributed by atoms with Crippen LogP contribution in [0, 0.1) is 34.6 Å². The van der Waals surface area contributed by atoms with E-state index in [0.717, 1.165) is 10.4 Å². The van der Waals surface area contributed by atoms with Crippen LogP contribution in [-0.4, -0.2) is 9.55 Å². The molecule has 3 heteroatoms. The third-order valence-electron chi connectivity index (χ3n) is 3.88. The molecule has 0 atom stereocenters. The number of hydrogen-bond acceptors (Lipinski definition) is 1. The molecule has 18 heavy (non-hydrogen) atoms. The number of benzene rings is 1. The predicted molar refractivity (Wildman–Crippen MR) is 80.0 cm³/mol. The first-order valence-electron chi connectivity index (χ1n) is 6.11. The van der Waals surface area contributed by atoms with Gasteiger partial charge in [0.1, 0.15) is 10.4 Å². The van der Waals surface area contributed by atoms with Gasteiger partial charge < -0.3 is 4.57 Å². The van der Waals surface area contributed by atoms with Crippen molar-refractivity contribution in [3.63, 3.8) is 0 Å². The topological polar surface area (TPSA) is 17.8 Å². The summed E-state index contributed by atoms with van der Waals surface area (Å²) in [6.45, 7) is 10.7. The van der Waals surface area contributed by atoms with Crippen molar-refractivity contribution in [1.82, 2.24) is 9.55 Å². The van der Waals surface area contributed by atoms with Crippen molar-refractivity contribution in [2.24, 2.45) is 7.05 Å². The van der Waals surface area contributed by atoms with Crippen molar-refractivity contribution in [2.75, 3.05) is 0 Å². The molecule has 0 spiro atoms. The number of halogens is 1. The lowest BCUT2D eigenvalue weighted by Crippen LogP contribution is -2.01. The molecule has 0 saturated carbocycles. The minimum absolute atomic E-state index is 0.929. The fourth-order valence-corrected chi connectivity index (χ4v) is 3.13. The van der Waals surface area contributed by atoms with Crippen molar-refractivity contribution < 1.29 is 0 Å². The Morgan fingerprint density at radius 1 is 1.00 bits per heavy atom. The predicted octanol–water partition coefficient (Wildman–Crippen LogP) is 4.39. The van der Waals surface area contributed by atoms with Gasteiger partial charge in [-0.15, -0.1) is 0 Å². The summed E-state index contributed by atoms with van der Waals surface area (Å²) in [4.78, 5) is 4.51. The fraction of sp³-hybridized carbons (Fsp3) is 0.400. The Hall–Kier alpha value is -1.09. The van der Waals surface area contributed by atoms with E-state index in [9.17, 15) is 0 Å². The number of nitrogens with zero attached hydrogens (tertiary/aromatic N) is 2. The van der Waals surface area contributed by atoms with E-state index in [0.29, 0.717) is 0 Å². The van der Waals surface area contributed by atoms with Crippen molar-refractivity contribution in [1.29, 1.82) is 0 Å². The van der Waals surface area contributed by atoms with Crippen LogP contribution in [0.3, 0.4) is 0 Å². The van der Waals surface area contributed by atoms with Crippen LogP contribution < -0.4 is 0 Å². The second kappa shape index (κ2) is 4.54. The molecule has 0 fully saturated rings. The zero-order valence-electron chi connectivity index (χ0n) is 11.8. The molecular weight excluding hydrogens is 288 g/mol. The van der Waals surface area contributed by atoms with E-state index in [-0.39, 0.29) is 0 Å². The molecule has 0 bridgehead atoms. The summed E-state index contributed by atoms with van der Waals surface area (Å²) in [5.41, 5.74) is 7.82. The fourth-order valence-electron chi connectivity index (χ4n) is 2.41. The van der Waals surface area contributed by atoms with Crippen molar-refractivity contribution >= 4 is 15.9 Å². The quantitative estimate of drug-likeness (QED) is 0.764. The molecule has 1 heterocycles. The minimum Gasteiger partial charge on any atom is -0.330 e. The normalized spacial score (nSPS) is 11.1. The van der Waals surface area contributed by atoms with Crippen LogP contribution in [-0.2, 0) is 7.05 Å². The van der Waals surface area contributed by atoms with Crippen LogP contribution in [0.5, 0.6) is 0 Å². The molecule has 1 aromatic heterocycles. The molecule has 2 aromatic rings. The summed E-state index contributed by atoms with van der Waals surface area (Å²) in [5, 5.41) is 0. The van der Waals surface area contributed by atoms with E-state index in [2.05, 4.69) is 66.3 Å². The van der Waals surface area contributed by atoms with Gasteiger partial charge in [-0.05, 0) is 72.8 Å². The summed E-state index contributed by atoms with van der Waals surface area (Å²) in [6.07, 6.45) is 0. The maximum atomic E-state index is 4.51. The molecule has 0 aliphatic rings. The molecule has 0 amide bonds. The average Bonchev–Trinajstić information content (AvgIpc) is 2.53. The molecule has 0 radical (unpaired) electrons. The first kappa shape index (κ1) is 13.3. The second-order valence-electron chi connectivity index (χ2n) is 4.99. The van der Waals surface area contributed by atoms with E-state index in [1.54, 1.807) is 0 Å². The molecule has 0 aliphatic carbocycles. The first-order chi connectivity index (χ1) is 8.34. The number of hydrogen-bond donors (Lipinski definition) is 0. The van der Waals surface area contributed by atoms with Crippen molar-refractivity contribution in [2.45, 2.75) is 34.6 Å². The van der Waals surface area contributed by atoms with Crippen LogP contribution in [0.25, 0.3) is 11.3 Å². The van der Waals surface area contributed by atoms with Gasteiger partial charge in [-0.1, -0.05) is 6.07 Å².